The van der Waals surface area contributed by atoms with E-state index in [0.29, 0.717) is 26.4 Å². The maximum Gasteiger partial charge on any atom is 0.106 e. The van der Waals surface area contributed by atoms with Crippen LogP contribution in [-0.2, 0) is 14.6 Å². The van der Waals surface area contributed by atoms with Crippen LogP contribution in [0.15, 0.2) is 0 Å². The van der Waals surface area contributed by atoms with Gasteiger partial charge in [-0.05, 0) is 6.92 Å². The first kappa shape index (κ1) is 8.88. The van der Waals surface area contributed by atoms with Crippen molar-refractivity contribution in [2.75, 3.05) is 33.0 Å². The Bertz CT molecular complexity index is 41.6. The third-order valence-corrected chi connectivity index (χ3v) is 0.804. The molecule has 0 atom stereocenters. The highest BCUT2D eigenvalue weighted by molar-refractivity contribution is 4.27. The molecule has 9 heavy (non-hydrogen) atoms. The van der Waals surface area contributed by atoms with Gasteiger partial charge in [0.05, 0.1) is 19.8 Å². The van der Waals surface area contributed by atoms with Gasteiger partial charge >= 0.3 is 0 Å². The van der Waals surface area contributed by atoms with Gasteiger partial charge in [0.1, 0.15) is 6.61 Å². The van der Waals surface area contributed by atoms with E-state index in [0.717, 1.165) is 0 Å². The summed E-state index contributed by atoms with van der Waals surface area (Å²) in [6.45, 7) is 3.90. The van der Waals surface area contributed by atoms with E-state index < -0.39 is 0 Å². The summed E-state index contributed by atoms with van der Waals surface area (Å²) in [7, 11) is 0. The Morgan fingerprint density at radius 1 is 1.11 bits per heavy atom. The average Bonchev–Trinajstić information content (AvgIpc) is 1.89. The topological polar surface area (TPSA) is 38.4 Å². The molecule has 0 aromatic heterocycles. The summed E-state index contributed by atoms with van der Waals surface area (Å²) in [6.07, 6.45) is 0. The first-order chi connectivity index (χ1) is 4.41. The molecule has 0 heterocycles. The summed E-state index contributed by atoms with van der Waals surface area (Å²) >= 11 is 0. The van der Waals surface area contributed by atoms with Crippen LogP contribution in [-0.4, -0.2) is 33.0 Å². The van der Waals surface area contributed by atoms with E-state index in [-0.39, 0.29) is 6.61 Å². The lowest BCUT2D eigenvalue weighted by Crippen LogP contribution is -2.06. The van der Waals surface area contributed by atoms with Crippen molar-refractivity contribution in [1.29, 1.82) is 0 Å². The van der Waals surface area contributed by atoms with Gasteiger partial charge in [0, 0.05) is 6.61 Å². The molecular formula is C6H13O3. The SMILES string of the molecule is CCOCCOCC[O]. The molecule has 0 saturated heterocycles. The monoisotopic (exact) mass is 133 g/mol. The van der Waals surface area contributed by atoms with E-state index in [1.807, 2.05) is 6.92 Å². The van der Waals surface area contributed by atoms with Crippen LogP contribution >= 0.6 is 0 Å². The Labute approximate surface area is 55.6 Å². The zero-order valence-electron chi connectivity index (χ0n) is 5.76. The normalized spacial score (nSPS) is 10.0. The summed E-state index contributed by atoms with van der Waals surface area (Å²) < 4.78 is 9.80. The Kier molecular flexibility index (Phi) is 7.77. The van der Waals surface area contributed by atoms with Gasteiger partial charge in [0.25, 0.3) is 0 Å². The van der Waals surface area contributed by atoms with Gasteiger partial charge in [-0.25, -0.2) is 5.11 Å². The zero-order valence-corrected chi connectivity index (χ0v) is 5.76. The summed E-state index contributed by atoms with van der Waals surface area (Å²) in [6, 6.07) is 0. The van der Waals surface area contributed by atoms with Gasteiger partial charge in [-0.3, -0.25) is 0 Å². The molecular weight excluding hydrogens is 120 g/mol. The second kappa shape index (κ2) is 7.88. The molecule has 0 fully saturated rings. The average molecular weight is 133 g/mol. The van der Waals surface area contributed by atoms with E-state index in [4.69, 9.17) is 9.47 Å². The lowest BCUT2D eigenvalue weighted by molar-refractivity contribution is 0.0240. The Balaban J connectivity index is 2.60. The molecule has 0 aromatic rings. The third kappa shape index (κ3) is 7.88. The maximum absolute atomic E-state index is 9.80. The van der Waals surface area contributed by atoms with Crippen LogP contribution in [0.1, 0.15) is 6.92 Å². The molecule has 0 unspecified atom stereocenters. The fourth-order valence-corrected chi connectivity index (χ4v) is 0.423. The van der Waals surface area contributed by atoms with Gasteiger partial charge in [-0.1, -0.05) is 0 Å². The molecule has 0 amide bonds. The van der Waals surface area contributed by atoms with Crippen molar-refractivity contribution in [1.82, 2.24) is 0 Å². The molecule has 0 aliphatic carbocycles. The molecule has 0 aliphatic rings. The van der Waals surface area contributed by atoms with Crippen molar-refractivity contribution >= 4 is 0 Å². The fourth-order valence-electron chi connectivity index (χ4n) is 0.423. The highest BCUT2D eigenvalue weighted by Gasteiger charge is 1.85. The quantitative estimate of drug-likeness (QED) is 0.494. The summed E-state index contributed by atoms with van der Waals surface area (Å²) in [5.41, 5.74) is 0. The Morgan fingerprint density at radius 2 is 1.78 bits per heavy atom. The van der Waals surface area contributed by atoms with Gasteiger partial charge in [0.2, 0.25) is 0 Å². The molecule has 0 aliphatic heterocycles. The van der Waals surface area contributed by atoms with Crippen molar-refractivity contribution < 1.29 is 14.6 Å². The third-order valence-electron chi connectivity index (χ3n) is 0.804. The summed E-state index contributed by atoms with van der Waals surface area (Å²) in [4.78, 5) is 0. The smallest absolute Gasteiger partial charge is 0.106 e. The molecule has 0 spiro atoms. The number of rotatable bonds is 6. The highest BCUT2D eigenvalue weighted by Crippen LogP contribution is 1.76. The van der Waals surface area contributed by atoms with Crippen LogP contribution < -0.4 is 0 Å². The van der Waals surface area contributed by atoms with Crippen molar-refractivity contribution in [3.8, 4) is 0 Å². The Morgan fingerprint density at radius 3 is 2.33 bits per heavy atom. The first-order valence-electron chi connectivity index (χ1n) is 3.15. The lowest BCUT2D eigenvalue weighted by atomic mass is 10.7. The molecule has 55 valence electrons. The van der Waals surface area contributed by atoms with E-state index in [1.54, 1.807) is 0 Å². The second-order valence-electron chi connectivity index (χ2n) is 1.51. The van der Waals surface area contributed by atoms with Crippen molar-refractivity contribution in [2.24, 2.45) is 0 Å². The minimum atomic E-state index is -0.161. The predicted octanol–water partition coefficient (Wildman–Crippen LogP) is 0.470. The molecule has 1 radical (unpaired) electrons. The van der Waals surface area contributed by atoms with Crippen LogP contribution in [0.2, 0.25) is 0 Å². The summed E-state index contributed by atoms with van der Waals surface area (Å²) in [5, 5.41) is 9.80. The first-order valence-corrected chi connectivity index (χ1v) is 3.15. The predicted molar refractivity (Wildman–Crippen MR) is 32.9 cm³/mol. The van der Waals surface area contributed by atoms with Gasteiger partial charge in [-0.15, -0.1) is 0 Å². The van der Waals surface area contributed by atoms with Crippen LogP contribution in [0.3, 0.4) is 0 Å². The van der Waals surface area contributed by atoms with Crippen molar-refractivity contribution in [3.05, 3.63) is 0 Å². The zero-order chi connectivity index (χ0) is 6.95. The lowest BCUT2D eigenvalue weighted by Gasteiger charge is -2.00. The van der Waals surface area contributed by atoms with Gasteiger partial charge in [0.15, 0.2) is 0 Å². The Hall–Kier alpha value is -0.120. The van der Waals surface area contributed by atoms with Gasteiger partial charge < -0.3 is 9.47 Å². The largest absolute Gasteiger partial charge is 0.379 e. The minimum absolute atomic E-state index is 0.161. The van der Waals surface area contributed by atoms with Crippen LogP contribution in [0, 0.1) is 0 Å². The number of ether oxygens (including phenoxy) is 2. The molecule has 3 heteroatoms. The highest BCUT2D eigenvalue weighted by atomic mass is 16.5. The van der Waals surface area contributed by atoms with E-state index in [1.165, 1.54) is 0 Å². The molecule has 0 saturated carbocycles. The van der Waals surface area contributed by atoms with Crippen LogP contribution in [0.5, 0.6) is 0 Å². The molecule has 0 rings (SSSR count). The molecule has 0 N–H and O–H groups in total. The standard InChI is InChI=1S/C6H13O3/c1-2-8-5-6-9-4-3-7/h2-6H2,1H3. The summed E-state index contributed by atoms with van der Waals surface area (Å²) in [5.74, 6) is 0. The van der Waals surface area contributed by atoms with Gasteiger partial charge in [-0.2, -0.15) is 0 Å². The molecule has 0 bridgehead atoms. The second-order valence-corrected chi connectivity index (χ2v) is 1.51. The van der Waals surface area contributed by atoms with Crippen molar-refractivity contribution in [3.63, 3.8) is 0 Å². The minimum Gasteiger partial charge on any atom is -0.379 e. The number of hydrogen-bond donors (Lipinski definition) is 0. The molecule has 3 nitrogen and oxygen atoms in total. The number of hydrogen-bond acceptors (Lipinski definition) is 2. The van der Waals surface area contributed by atoms with Crippen LogP contribution in [0.25, 0.3) is 0 Å². The van der Waals surface area contributed by atoms with Crippen LogP contribution in [0.4, 0.5) is 0 Å². The van der Waals surface area contributed by atoms with E-state index in [9.17, 15) is 5.11 Å². The maximum atomic E-state index is 9.80. The molecule has 0 aromatic carbocycles. The van der Waals surface area contributed by atoms with Crippen molar-refractivity contribution in [2.45, 2.75) is 6.92 Å². The van der Waals surface area contributed by atoms with E-state index in [2.05, 4.69) is 0 Å². The van der Waals surface area contributed by atoms with E-state index >= 15 is 0 Å². The fraction of sp³-hybridized carbons (Fsp3) is 1.00.